The largest absolute Gasteiger partial charge is 0.504 e. The van der Waals surface area contributed by atoms with Gasteiger partial charge >= 0.3 is 0 Å². The Kier molecular flexibility index (Phi) is 5.53. The van der Waals surface area contributed by atoms with Gasteiger partial charge in [-0.2, -0.15) is 0 Å². The molecule has 0 amide bonds. The fraction of sp³-hybridized carbons (Fsp3) is 0.118. The average molecular weight is 362 g/mol. The van der Waals surface area contributed by atoms with E-state index in [9.17, 15) is 0 Å². The zero-order chi connectivity index (χ0) is 15.2. The van der Waals surface area contributed by atoms with Crippen LogP contribution in [-0.2, 0) is 4.74 Å². The van der Waals surface area contributed by atoms with Crippen LogP contribution in [0.5, 0.6) is 0 Å². The van der Waals surface area contributed by atoms with Gasteiger partial charge in [-0.25, -0.2) is 0 Å². The van der Waals surface area contributed by atoms with Crippen LogP contribution in [0.2, 0.25) is 0 Å². The molecule has 0 spiro atoms. The molecule has 0 atom stereocenters. The van der Waals surface area contributed by atoms with E-state index in [1.54, 1.807) is 13.4 Å². The number of thiocarbonyl (C=S) groups is 1. The third-order valence-electron chi connectivity index (χ3n) is 2.99. The smallest absolute Gasteiger partial charge is 0.111 e. The van der Waals surface area contributed by atoms with Crippen LogP contribution in [0.15, 0.2) is 59.3 Å². The van der Waals surface area contributed by atoms with Gasteiger partial charge in [0.05, 0.1) is 13.4 Å². The molecule has 2 aromatic rings. The Hall–Kier alpha value is -1.65. The van der Waals surface area contributed by atoms with E-state index in [1.807, 2.05) is 55.5 Å². The summed E-state index contributed by atoms with van der Waals surface area (Å²) in [4.78, 5) is 0.691. The molecule has 21 heavy (non-hydrogen) atoms. The SMILES string of the molecule is CO/C=C(\C)c1ccccc1C(=S)Nc1ccc(Br)cc1. The van der Waals surface area contributed by atoms with Crippen molar-refractivity contribution < 1.29 is 4.74 Å². The van der Waals surface area contributed by atoms with Crippen LogP contribution in [0.3, 0.4) is 0 Å². The highest BCUT2D eigenvalue weighted by Crippen LogP contribution is 2.21. The van der Waals surface area contributed by atoms with Crippen LogP contribution in [-0.4, -0.2) is 12.1 Å². The summed E-state index contributed by atoms with van der Waals surface area (Å²) >= 11 is 8.96. The number of rotatable bonds is 4. The van der Waals surface area contributed by atoms with E-state index in [0.717, 1.165) is 26.9 Å². The maximum absolute atomic E-state index is 5.54. The number of nitrogens with one attached hydrogen (secondary N) is 1. The second-order valence-electron chi connectivity index (χ2n) is 4.54. The highest BCUT2D eigenvalue weighted by molar-refractivity contribution is 9.10. The monoisotopic (exact) mass is 361 g/mol. The van der Waals surface area contributed by atoms with Gasteiger partial charge in [-0.05, 0) is 42.3 Å². The van der Waals surface area contributed by atoms with Crippen LogP contribution < -0.4 is 5.32 Å². The summed E-state index contributed by atoms with van der Waals surface area (Å²) in [5.74, 6) is 0. The molecular weight excluding hydrogens is 346 g/mol. The van der Waals surface area contributed by atoms with Gasteiger partial charge < -0.3 is 10.1 Å². The maximum Gasteiger partial charge on any atom is 0.111 e. The molecule has 0 aliphatic rings. The van der Waals surface area contributed by atoms with Gasteiger partial charge in [-0.3, -0.25) is 0 Å². The van der Waals surface area contributed by atoms with Gasteiger partial charge in [0.1, 0.15) is 4.99 Å². The van der Waals surface area contributed by atoms with E-state index in [2.05, 4.69) is 21.2 Å². The van der Waals surface area contributed by atoms with E-state index in [-0.39, 0.29) is 0 Å². The molecule has 1 N–H and O–H groups in total. The maximum atomic E-state index is 5.54. The summed E-state index contributed by atoms with van der Waals surface area (Å²) in [6.07, 6.45) is 1.72. The van der Waals surface area contributed by atoms with E-state index in [4.69, 9.17) is 17.0 Å². The molecule has 0 radical (unpaired) electrons. The van der Waals surface area contributed by atoms with Crippen LogP contribution in [0.25, 0.3) is 5.57 Å². The first-order valence-electron chi connectivity index (χ1n) is 6.47. The van der Waals surface area contributed by atoms with Gasteiger partial charge in [0.15, 0.2) is 0 Å². The van der Waals surface area contributed by atoms with Gasteiger partial charge in [-0.1, -0.05) is 52.4 Å². The summed E-state index contributed by atoms with van der Waals surface area (Å²) in [5.41, 5.74) is 4.05. The Morgan fingerprint density at radius 1 is 1.10 bits per heavy atom. The molecule has 0 aliphatic carbocycles. The first kappa shape index (κ1) is 15.7. The number of hydrogen-bond donors (Lipinski definition) is 1. The first-order valence-corrected chi connectivity index (χ1v) is 7.68. The Morgan fingerprint density at radius 2 is 1.71 bits per heavy atom. The molecule has 108 valence electrons. The van der Waals surface area contributed by atoms with E-state index < -0.39 is 0 Å². The molecule has 0 aromatic heterocycles. The summed E-state index contributed by atoms with van der Waals surface area (Å²) in [5, 5.41) is 3.27. The van der Waals surface area contributed by atoms with Crippen LogP contribution in [0.1, 0.15) is 18.1 Å². The summed E-state index contributed by atoms with van der Waals surface area (Å²) in [7, 11) is 1.64. The Bertz CT molecular complexity index is 665. The third kappa shape index (κ3) is 4.16. The second-order valence-corrected chi connectivity index (χ2v) is 5.87. The van der Waals surface area contributed by atoms with Crippen LogP contribution >= 0.6 is 28.1 Å². The number of hydrogen-bond acceptors (Lipinski definition) is 2. The number of allylic oxidation sites excluding steroid dienone is 1. The summed E-state index contributed by atoms with van der Waals surface area (Å²) in [6.45, 7) is 2.00. The fourth-order valence-corrected chi connectivity index (χ4v) is 2.56. The van der Waals surface area contributed by atoms with Crippen molar-refractivity contribution in [2.45, 2.75) is 6.92 Å². The molecule has 0 bridgehead atoms. The van der Waals surface area contributed by atoms with Crippen molar-refractivity contribution in [1.29, 1.82) is 0 Å². The minimum Gasteiger partial charge on any atom is -0.504 e. The summed E-state index contributed by atoms with van der Waals surface area (Å²) in [6, 6.07) is 15.9. The van der Waals surface area contributed by atoms with Crippen molar-refractivity contribution in [2.75, 3.05) is 12.4 Å². The normalized spacial score (nSPS) is 11.1. The molecule has 0 fully saturated rings. The molecule has 0 saturated carbocycles. The molecule has 0 heterocycles. The zero-order valence-electron chi connectivity index (χ0n) is 11.9. The predicted molar refractivity (Wildman–Crippen MR) is 96.6 cm³/mol. The molecule has 4 heteroatoms. The van der Waals surface area contributed by atoms with E-state index in [1.165, 1.54) is 0 Å². The van der Waals surface area contributed by atoms with Gasteiger partial charge in [0, 0.05) is 15.7 Å². The predicted octanol–water partition coefficient (Wildman–Crippen LogP) is 5.24. The van der Waals surface area contributed by atoms with Crippen molar-refractivity contribution >= 4 is 44.4 Å². The third-order valence-corrected chi connectivity index (χ3v) is 3.84. The lowest BCUT2D eigenvalue weighted by atomic mass is 10.0. The first-order chi connectivity index (χ1) is 10.1. The Morgan fingerprint density at radius 3 is 2.33 bits per heavy atom. The van der Waals surface area contributed by atoms with Crippen molar-refractivity contribution in [1.82, 2.24) is 0 Å². The van der Waals surface area contributed by atoms with Crippen molar-refractivity contribution in [3.05, 3.63) is 70.4 Å². The van der Waals surface area contributed by atoms with Crippen LogP contribution in [0.4, 0.5) is 5.69 Å². The Balaban J connectivity index is 2.27. The molecule has 2 rings (SSSR count). The highest BCUT2D eigenvalue weighted by atomic mass is 79.9. The second kappa shape index (κ2) is 7.38. The molecule has 0 saturated heterocycles. The average Bonchev–Trinajstić information content (AvgIpc) is 2.50. The standard InChI is InChI=1S/C17H16BrNOS/c1-12(11-20-2)15-5-3-4-6-16(15)17(21)19-14-9-7-13(18)8-10-14/h3-11H,1-2H3,(H,19,21)/b12-11+. The minimum atomic E-state index is 0.691. The number of ether oxygens (including phenoxy) is 1. The zero-order valence-corrected chi connectivity index (χ0v) is 14.3. The van der Waals surface area contributed by atoms with Crippen LogP contribution in [0, 0.1) is 0 Å². The number of halogens is 1. The number of benzene rings is 2. The van der Waals surface area contributed by atoms with E-state index in [0.29, 0.717) is 4.99 Å². The topological polar surface area (TPSA) is 21.3 Å². The van der Waals surface area contributed by atoms with Crippen molar-refractivity contribution in [3.63, 3.8) is 0 Å². The molecule has 2 nitrogen and oxygen atoms in total. The molecule has 0 unspecified atom stereocenters. The van der Waals surface area contributed by atoms with E-state index >= 15 is 0 Å². The number of methoxy groups -OCH3 is 1. The van der Waals surface area contributed by atoms with Gasteiger partial charge in [0.2, 0.25) is 0 Å². The highest BCUT2D eigenvalue weighted by Gasteiger charge is 2.09. The molecular formula is C17H16BrNOS. The van der Waals surface area contributed by atoms with Crippen molar-refractivity contribution in [2.24, 2.45) is 0 Å². The minimum absolute atomic E-state index is 0.691. The lowest BCUT2D eigenvalue weighted by molar-refractivity contribution is 0.339. The number of anilines is 1. The summed E-state index contributed by atoms with van der Waals surface area (Å²) < 4.78 is 6.13. The lowest BCUT2D eigenvalue weighted by Crippen LogP contribution is -2.12. The van der Waals surface area contributed by atoms with Crippen molar-refractivity contribution in [3.8, 4) is 0 Å². The lowest BCUT2D eigenvalue weighted by Gasteiger charge is -2.13. The quantitative estimate of drug-likeness (QED) is 0.593. The Labute approximate surface area is 139 Å². The molecule has 2 aromatic carbocycles. The van der Waals surface area contributed by atoms with Gasteiger partial charge in [0.25, 0.3) is 0 Å². The fourth-order valence-electron chi connectivity index (χ4n) is 2.00. The molecule has 0 aliphatic heterocycles. The van der Waals surface area contributed by atoms with Gasteiger partial charge in [-0.15, -0.1) is 0 Å².